The number of ether oxygens (including phenoxy) is 1. The van der Waals surface area contributed by atoms with E-state index in [0.29, 0.717) is 39.3 Å². The highest BCUT2D eigenvalue weighted by atomic mass is 19.1. The summed E-state index contributed by atoms with van der Waals surface area (Å²) < 4.78 is 18.2. The molecule has 1 aromatic carbocycles. The van der Waals surface area contributed by atoms with Crippen LogP contribution >= 0.6 is 0 Å². The van der Waals surface area contributed by atoms with E-state index in [1.165, 1.54) is 12.1 Å². The number of carbonyl (C=O) groups is 1. The van der Waals surface area contributed by atoms with E-state index in [0.717, 1.165) is 18.8 Å². The molecule has 0 aliphatic carbocycles. The second-order valence-electron chi connectivity index (χ2n) is 5.96. The van der Waals surface area contributed by atoms with Gasteiger partial charge in [0.2, 0.25) is 0 Å². The van der Waals surface area contributed by atoms with Crippen molar-refractivity contribution in [2.24, 2.45) is 0 Å². The zero-order valence-corrected chi connectivity index (χ0v) is 15.1. The summed E-state index contributed by atoms with van der Waals surface area (Å²) in [6, 6.07) is 8.39. The molecule has 1 amide bonds. The maximum atomic E-state index is 13.0. The summed E-state index contributed by atoms with van der Waals surface area (Å²) in [5, 5.41) is 12.0. The van der Waals surface area contributed by atoms with Gasteiger partial charge in [-0.3, -0.25) is 4.79 Å². The van der Waals surface area contributed by atoms with Gasteiger partial charge in [-0.05, 0) is 37.6 Å². The van der Waals surface area contributed by atoms with Crippen molar-refractivity contribution < 1.29 is 13.9 Å². The van der Waals surface area contributed by atoms with Crippen LogP contribution in [0.4, 0.5) is 10.1 Å². The molecule has 1 aromatic rings. The lowest BCUT2D eigenvalue weighted by Gasteiger charge is -2.35. The predicted octanol–water partition coefficient (Wildman–Crippen LogP) is 1.90. The number of anilines is 1. The molecule has 7 heteroatoms. The number of nitrogens with one attached hydrogen (secondary N) is 1. The molecule has 1 aliphatic heterocycles. The van der Waals surface area contributed by atoms with Gasteiger partial charge in [0.25, 0.3) is 5.91 Å². The number of benzene rings is 1. The summed E-state index contributed by atoms with van der Waals surface area (Å²) in [5.74, 6) is -0.605. The van der Waals surface area contributed by atoms with Crippen LogP contribution in [-0.2, 0) is 9.53 Å². The molecular formula is C19H25FN4O2. The van der Waals surface area contributed by atoms with Gasteiger partial charge in [-0.1, -0.05) is 0 Å². The summed E-state index contributed by atoms with van der Waals surface area (Å²) in [7, 11) is 0. The smallest absolute Gasteiger partial charge is 0.263 e. The number of piperazine rings is 1. The molecule has 0 unspecified atom stereocenters. The first-order valence-corrected chi connectivity index (χ1v) is 8.86. The van der Waals surface area contributed by atoms with Gasteiger partial charge in [-0.15, -0.1) is 0 Å². The van der Waals surface area contributed by atoms with Gasteiger partial charge in [-0.25, -0.2) is 4.39 Å². The van der Waals surface area contributed by atoms with E-state index in [1.54, 1.807) is 18.3 Å². The Morgan fingerprint density at radius 3 is 2.62 bits per heavy atom. The number of hydrogen-bond acceptors (Lipinski definition) is 5. The lowest BCUT2D eigenvalue weighted by atomic mass is 10.2. The number of nitrogens with zero attached hydrogens (tertiary/aromatic N) is 3. The Labute approximate surface area is 153 Å². The fourth-order valence-corrected chi connectivity index (χ4v) is 2.70. The van der Waals surface area contributed by atoms with Gasteiger partial charge in [0.1, 0.15) is 17.5 Å². The molecule has 0 spiro atoms. The molecule has 1 aliphatic rings. The summed E-state index contributed by atoms with van der Waals surface area (Å²) in [6.45, 7) is 6.53. The van der Waals surface area contributed by atoms with Crippen LogP contribution in [0, 0.1) is 17.1 Å². The van der Waals surface area contributed by atoms with Crippen LogP contribution in [0.2, 0.25) is 0 Å². The minimum Gasteiger partial charge on any atom is -0.382 e. The standard InChI is InChI=1S/C19H25FN4O2/c1-2-26-13-3-8-22-19(25)16(14-21)15-23-9-11-24(12-10-23)18-6-4-17(20)5-7-18/h4-7,15H,2-3,8-13H2,1H3,(H,22,25)/b16-15-. The highest BCUT2D eigenvalue weighted by Gasteiger charge is 2.17. The second-order valence-corrected chi connectivity index (χ2v) is 5.96. The number of nitriles is 1. The van der Waals surface area contributed by atoms with Crippen LogP contribution in [0.25, 0.3) is 0 Å². The van der Waals surface area contributed by atoms with Crippen molar-refractivity contribution in [3.8, 4) is 6.07 Å². The topological polar surface area (TPSA) is 68.6 Å². The van der Waals surface area contributed by atoms with Gasteiger partial charge < -0.3 is 19.9 Å². The van der Waals surface area contributed by atoms with E-state index in [2.05, 4.69) is 10.2 Å². The molecule has 0 radical (unpaired) electrons. The zero-order chi connectivity index (χ0) is 18.8. The average molecular weight is 360 g/mol. The van der Waals surface area contributed by atoms with Crippen LogP contribution in [0.3, 0.4) is 0 Å². The van der Waals surface area contributed by atoms with Crippen molar-refractivity contribution in [1.29, 1.82) is 5.26 Å². The first-order valence-electron chi connectivity index (χ1n) is 8.86. The molecule has 0 saturated carbocycles. The minimum atomic E-state index is -0.357. The monoisotopic (exact) mass is 360 g/mol. The Bertz CT molecular complexity index is 646. The largest absolute Gasteiger partial charge is 0.382 e. The van der Waals surface area contributed by atoms with Crippen molar-refractivity contribution in [1.82, 2.24) is 10.2 Å². The third-order valence-corrected chi connectivity index (χ3v) is 4.14. The number of halogens is 1. The van der Waals surface area contributed by atoms with Crippen molar-refractivity contribution in [3.63, 3.8) is 0 Å². The molecule has 26 heavy (non-hydrogen) atoms. The maximum absolute atomic E-state index is 13.0. The normalized spacial score (nSPS) is 14.9. The van der Waals surface area contributed by atoms with Gasteiger partial charge >= 0.3 is 0 Å². The Balaban J connectivity index is 1.82. The van der Waals surface area contributed by atoms with Crippen molar-refractivity contribution >= 4 is 11.6 Å². The molecule has 0 aromatic heterocycles. The molecule has 140 valence electrons. The Morgan fingerprint density at radius 1 is 1.31 bits per heavy atom. The summed E-state index contributed by atoms with van der Waals surface area (Å²) in [4.78, 5) is 16.2. The molecule has 0 bridgehead atoms. The third kappa shape index (κ3) is 6.05. The van der Waals surface area contributed by atoms with Crippen molar-refractivity contribution in [2.75, 3.05) is 50.8 Å². The number of rotatable bonds is 8. The SMILES string of the molecule is CCOCCCNC(=O)/C(C#N)=C\N1CCN(c2ccc(F)cc2)CC1. The molecule has 1 N–H and O–H groups in total. The molecule has 1 saturated heterocycles. The predicted molar refractivity (Wildman–Crippen MR) is 98.0 cm³/mol. The number of amides is 1. The van der Waals surface area contributed by atoms with Gasteiger partial charge in [-0.2, -0.15) is 5.26 Å². The first-order chi connectivity index (χ1) is 12.6. The first kappa shape index (κ1) is 19.7. The fourth-order valence-electron chi connectivity index (χ4n) is 2.70. The van der Waals surface area contributed by atoms with Crippen molar-refractivity contribution in [3.05, 3.63) is 41.9 Å². The van der Waals surface area contributed by atoms with Gasteiger partial charge in [0, 0.05) is 57.8 Å². The second kappa shape index (κ2) is 10.4. The summed E-state index contributed by atoms with van der Waals surface area (Å²) in [6.07, 6.45) is 2.34. The maximum Gasteiger partial charge on any atom is 0.263 e. The molecule has 1 fully saturated rings. The van der Waals surface area contributed by atoms with Crippen LogP contribution in [0.5, 0.6) is 0 Å². The lowest BCUT2D eigenvalue weighted by Crippen LogP contribution is -2.44. The van der Waals surface area contributed by atoms with Crippen LogP contribution in [0.1, 0.15) is 13.3 Å². The highest BCUT2D eigenvalue weighted by Crippen LogP contribution is 2.17. The molecular weight excluding hydrogens is 335 g/mol. The van der Waals surface area contributed by atoms with Crippen LogP contribution in [-0.4, -0.2) is 56.7 Å². The number of carbonyl (C=O) groups excluding carboxylic acids is 1. The van der Waals surface area contributed by atoms with E-state index in [9.17, 15) is 14.4 Å². The Hall–Kier alpha value is -2.59. The molecule has 6 nitrogen and oxygen atoms in total. The highest BCUT2D eigenvalue weighted by molar-refractivity contribution is 5.97. The van der Waals surface area contributed by atoms with Gasteiger partial charge in [0.15, 0.2) is 0 Å². The minimum absolute atomic E-state index is 0.108. The number of hydrogen-bond donors (Lipinski definition) is 1. The van der Waals surface area contributed by atoms with Crippen molar-refractivity contribution in [2.45, 2.75) is 13.3 Å². The fraction of sp³-hybridized carbons (Fsp3) is 0.474. The third-order valence-electron chi connectivity index (χ3n) is 4.14. The zero-order valence-electron chi connectivity index (χ0n) is 15.1. The Morgan fingerprint density at radius 2 is 2.00 bits per heavy atom. The van der Waals surface area contributed by atoms with Gasteiger partial charge in [0.05, 0.1) is 0 Å². The van der Waals surface area contributed by atoms with E-state index < -0.39 is 0 Å². The summed E-state index contributed by atoms with van der Waals surface area (Å²) in [5.41, 5.74) is 1.08. The quantitative estimate of drug-likeness (QED) is 0.436. The van der Waals surface area contributed by atoms with E-state index in [4.69, 9.17) is 4.74 Å². The summed E-state index contributed by atoms with van der Waals surface area (Å²) >= 11 is 0. The molecule has 1 heterocycles. The van der Waals surface area contributed by atoms with Crippen LogP contribution < -0.4 is 10.2 Å². The lowest BCUT2D eigenvalue weighted by molar-refractivity contribution is -0.117. The van der Waals surface area contributed by atoms with E-state index in [-0.39, 0.29) is 17.3 Å². The van der Waals surface area contributed by atoms with Crippen LogP contribution in [0.15, 0.2) is 36.0 Å². The molecule has 0 atom stereocenters. The molecule has 2 rings (SSSR count). The van der Waals surface area contributed by atoms with E-state index >= 15 is 0 Å². The average Bonchev–Trinajstić information content (AvgIpc) is 2.67. The van der Waals surface area contributed by atoms with E-state index in [1.807, 2.05) is 17.9 Å². The Kier molecular flexibility index (Phi) is 7.90.